The lowest BCUT2D eigenvalue weighted by atomic mass is 10.1. The Bertz CT molecular complexity index is 331. The maximum atomic E-state index is 3.71. The van der Waals surface area contributed by atoms with Gasteiger partial charge in [-0.3, -0.25) is 0 Å². The van der Waals surface area contributed by atoms with E-state index in [4.69, 9.17) is 0 Å². The second-order valence-corrected chi connectivity index (χ2v) is 4.31. The Labute approximate surface area is 84.7 Å². The van der Waals surface area contributed by atoms with E-state index in [-0.39, 0.29) is 0 Å². The van der Waals surface area contributed by atoms with E-state index in [0.717, 1.165) is 13.1 Å². The lowest BCUT2D eigenvalue weighted by Gasteiger charge is -2.31. The molecule has 0 spiro atoms. The smallest absolute Gasteiger partial charge is 0.0329 e. The predicted molar refractivity (Wildman–Crippen MR) is 57.3 cm³/mol. The van der Waals surface area contributed by atoms with Crippen LogP contribution in [0.4, 0.5) is 0 Å². The molecule has 2 aliphatic rings. The van der Waals surface area contributed by atoms with Gasteiger partial charge in [-0.05, 0) is 24.0 Å². The number of hydrogen-bond donors (Lipinski definition) is 2. The molecule has 1 aliphatic heterocycles. The summed E-state index contributed by atoms with van der Waals surface area (Å²) in [5.41, 5.74) is 3.07. The molecule has 1 aromatic carbocycles. The van der Waals surface area contributed by atoms with Crippen molar-refractivity contribution in [3.05, 3.63) is 35.4 Å². The van der Waals surface area contributed by atoms with Crippen LogP contribution in [-0.4, -0.2) is 19.1 Å². The van der Waals surface area contributed by atoms with Crippen molar-refractivity contribution in [1.82, 2.24) is 10.6 Å². The molecule has 1 fully saturated rings. The number of benzene rings is 1. The highest BCUT2D eigenvalue weighted by atomic mass is 15.1. The van der Waals surface area contributed by atoms with Gasteiger partial charge >= 0.3 is 0 Å². The van der Waals surface area contributed by atoms with E-state index >= 15 is 0 Å². The Morgan fingerprint density at radius 3 is 2.86 bits per heavy atom. The largest absolute Gasteiger partial charge is 0.314 e. The Balaban J connectivity index is 1.76. The zero-order valence-electron chi connectivity index (χ0n) is 8.29. The van der Waals surface area contributed by atoms with E-state index < -0.39 is 0 Å². The number of aryl methyl sites for hydroxylation is 1. The monoisotopic (exact) mass is 188 g/mol. The predicted octanol–water partition coefficient (Wildman–Crippen LogP) is 1.24. The molecule has 14 heavy (non-hydrogen) atoms. The minimum atomic E-state index is 0.610. The van der Waals surface area contributed by atoms with Gasteiger partial charge in [0, 0.05) is 25.2 Å². The lowest BCUT2D eigenvalue weighted by molar-refractivity contribution is 0.328. The van der Waals surface area contributed by atoms with Crippen LogP contribution in [0.5, 0.6) is 0 Å². The third-order valence-electron chi connectivity index (χ3n) is 3.35. The Morgan fingerprint density at radius 1 is 1.21 bits per heavy atom. The molecular weight excluding hydrogens is 172 g/mol. The van der Waals surface area contributed by atoms with Crippen LogP contribution in [0, 0.1) is 0 Å². The van der Waals surface area contributed by atoms with Crippen LogP contribution in [0.3, 0.4) is 0 Å². The van der Waals surface area contributed by atoms with Crippen molar-refractivity contribution in [2.75, 3.05) is 13.1 Å². The summed E-state index contributed by atoms with van der Waals surface area (Å²) >= 11 is 0. The summed E-state index contributed by atoms with van der Waals surface area (Å²) in [6.07, 6.45) is 2.52. The van der Waals surface area contributed by atoms with Crippen LogP contribution in [0.1, 0.15) is 23.6 Å². The van der Waals surface area contributed by atoms with Crippen LogP contribution in [0.15, 0.2) is 24.3 Å². The van der Waals surface area contributed by atoms with Gasteiger partial charge in [-0.15, -0.1) is 0 Å². The number of nitrogens with one attached hydrogen (secondary N) is 2. The molecule has 0 bridgehead atoms. The fourth-order valence-electron chi connectivity index (χ4n) is 2.42. The highest BCUT2D eigenvalue weighted by Gasteiger charge is 2.26. The molecule has 1 heterocycles. The average Bonchev–Trinajstić information content (AvgIpc) is 2.55. The topological polar surface area (TPSA) is 24.1 Å². The van der Waals surface area contributed by atoms with E-state index in [1.807, 2.05) is 0 Å². The van der Waals surface area contributed by atoms with Crippen molar-refractivity contribution in [3.63, 3.8) is 0 Å². The quantitative estimate of drug-likeness (QED) is 0.729. The zero-order valence-corrected chi connectivity index (χ0v) is 8.29. The van der Waals surface area contributed by atoms with Crippen molar-refractivity contribution in [3.8, 4) is 0 Å². The first-order valence-corrected chi connectivity index (χ1v) is 5.48. The van der Waals surface area contributed by atoms with Crippen molar-refractivity contribution in [1.29, 1.82) is 0 Å². The normalized spacial score (nSPS) is 25.9. The van der Waals surface area contributed by atoms with Crippen molar-refractivity contribution in [2.24, 2.45) is 0 Å². The molecule has 1 atom stereocenters. The van der Waals surface area contributed by atoms with E-state index in [1.54, 1.807) is 0 Å². The third-order valence-corrected chi connectivity index (χ3v) is 3.35. The van der Waals surface area contributed by atoms with Gasteiger partial charge in [0.15, 0.2) is 0 Å². The van der Waals surface area contributed by atoms with Crippen LogP contribution in [-0.2, 0) is 6.42 Å². The van der Waals surface area contributed by atoms with Crippen LogP contribution >= 0.6 is 0 Å². The molecule has 0 amide bonds. The Kier molecular flexibility index (Phi) is 2.03. The maximum Gasteiger partial charge on any atom is 0.0329 e. The van der Waals surface area contributed by atoms with E-state index in [2.05, 4.69) is 34.9 Å². The first kappa shape index (κ1) is 8.45. The van der Waals surface area contributed by atoms with Crippen molar-refractivity contribution < 1.29 is 0 Å². The molecule has 2 N–H and O–H groups in total. The molecule has 0 radical (unpaired) electrons. The third kappa shape index (κ3) is 1.35. The summed E-state index contributed by atoms with van der Waals surface area (Å²) in [7, 11) is 0. The SMILES string of the molecule is c1ccc2c(c1)CCC2NC1CNC1. The van der Waals surface area contributed by atoms with Crippen LogP contribution < -0.4 is 10.6 Å². The lowest BCUT2D eigenvalue weighted by Crippen LogP contribution is -2.55. The van der Waals surface area contributed by atoms with Crippen LogP contribution in [0.2, 0.25) is 0 Å². The molecule has 74 valence electrons. The van der Waals surface area contributed by atoms with Crippen LogP contribution in [0.25, 0.3) is 0 Å². The summed E-state index contributed by atoms with van der Waals surface area (Å²) in [5, 5.41) is 7.01. The minimum absolute atomic E-state index is 0.610. The molecule has 0 aromatic heterocycles. The van der Waals surface area contributed by atoms with Gasteiger partial charge in [0.05, 0.1) is 0 Å². The Morgan fingerprint density at radius 2 is 2.07 bits per heavy atom. The van der Waals surface area contributed by atoms with Gasteiger partial charge in [-0.2, -0.15) is 0 Å². The van der Waals surface area contributed by atoms with Gasteiger partial charge in [-0.25, -0.2) is 0 Å². The molecule has 1 saturated heterocycles. The molecule has 1 unspecified atom stereocenters. The first-order chi connectivity index (χ1) is 6.93. The number of hydrogen-bond acceptors (Lipinski definition) is 2. The summed E-state index contributed by atoms with van der Waals surface area (Å²) in [6, 6.07) is 10.1. The van der Waals surface area contributed by atoms with E-state index in [1.165, 1.54) is 24.0 Å². The fourth-order valence-corrected chi connectivity index (χ4v) is 2.42. The van der Waals surface area contributed by atoms with Gasteiger partial charge in [0.1, 0.15) is 0 Å². The zero-order chi connectivity index (χ0) is 9.38. The molecule has 2 nitrogen and oxygen atoms in total. The van der Waals surface area contributed by atoms with Gasteiger partial charge in [0.2, 0.25) is 0 Å². The fraction of sp³-hybridized carbons (Fsp3) is 0.500. The second-order valence-electron chi connectivity index (χ2n) is 4.31. The highest BCUT2D eigenvalue weighted by molar-refractivity contribution is 5.34. The maximum absolute atomic E-state index is 3.71. The molecule has 1 aliphatic carbocycles. The van der Waals surface area contributed by atoms with E-state index in [9.17, 15) is 0 Å². The average molecular weight is 188 g/mol. The van der Waals surface area contributed by atoms with Crippen molar-refractivity contribution in [2.45, 2.75) is 24.9 Å². The summed E-state index contributed by atoms with van der Waals surface area (Å²) < 4.78 is 0. The number of fused-ring (bicyclic) bond motifs is 1. The summed E-state index contributed by atoms with van der Waals surface area (Å²) in [5.74, 6) is 0. The van der Waals surface area contributed by atoms with Gasteiger partial charge in [-0.1, -0.05) is 24.3 Å². The van der Waals surface area contributed by atoms with Gasteiger partial charge < -0.3 is 10.6 Å². The van der Waals surface area contributed by atoms with Gasteiger partial charge in [0.25, 0.3) is 0 Å². The Hall–Kier alpha value is -0.860. The standard InChI is InChI=1S/C12H16N2/c1-2-4-11-9(3-1)5-6-12(11)14-10-7-13-8-10/h1-4,10,12-14H,5-8H2. The summed E-state index contributed by atoms with van der Waals surface area (Å²) in [4.78, 5) is 0. The molecule has 2 heteroatoms. The highest BCUT2D eigenvalue weighted by Crippen LogP contribution is 2.31. The molecule has 1 aromatic rings. The molecule has 3 rings (SSSR count). The van der Waals surface area contributed by atoms with Crippen molar-refractivity contribution >= 4 is 0 Å². The van der Waals surface area contributed by atoms with E-state index in [0.29, 0.717) is 12.1 Å². The second kappa shape index (κ2) is 3.37. The molecule has 0 saturated carbocycles. The summed E-state index contributed by atoms with van der Waals surface area (Å²) in [6.45, 7) is 2.28. The number of rotatable bonds is 2. The first-order valence-electron chi connectivity index (χ1n) is 5.48. The minimum Gasteiger partial charge on any atom is -0.314 e. The molecular formula is C12H16N2.